The SMILES string of the molecule is CCC(CCCCCCC(C)O)C(=O)O. The van der Waals surface area contributed by atoms with Crippen LogP contribution in [0.15, 0.2) is 0 Å². The number of hydrogen-bond donors (Lipinski definition) is 2. The second-order valence-corrected chi connectivity index (χ2v) is 4.28. The third kappa shape index (κ3) is 8.43. The Balaban J connectivity index is 3.33. The van der Waals surface area contributed by atoms with Gasteiger partial charge in [-0.2, -0.15) is 0 Å². The van der Waals surface area contributed by atoms with Gasteiger partial charge in [0.2, 0.25) is 0 Å². The molecule has 3 heteroatoms. The van der Waals surface area contributed by atoms with Crippen molar-refractivity contribution in [3.05, 3.63) is 0 Å². The first-order chi connectivity index (χ1) is 7.07. The summed E-state index contributed by atoms with van der Waals surface area (Å²) in [4.78, 5) is 10.7. The molecular formula is C12H24O3. The lowest BCUT2D eigenvalue weighted by Crippen LogP contribution is -2.12. The van der Waals surface area contributed by atoms with Gasteiger partial charge in [-0.1, -0.05) is 32.6 Å². The molecule has 0 radical (unpaired) electrons. The van der Waals surface area contributed by atoms with Gasteiger partial charge < -0.3 is 10.2 Å². The highest BCUT2D eigenvalue weighted by atomic mass is 16.4. The minimum Gasteiger partial charge on any atom is -0.481 e. The Morgan fingerprint density at radius 3 is 2.07 bits per heavy atom. The molecule has 0 aromatic rings. The summed E-state index contributed by atoms with van der Waals surface area (Å²) in [5.41, 5.74) is 0. The van der Waals surface area contributed by atoms with Gasteiger partial charge in [0.05, 0.1) is 12.0 Å². The lowest BCUT2D eigenvalue weighted by Gasteiger charge is -2.09. The lowest BCUT2D eigenvalue weighted by atomic mass is 9.98. The molecule has 15 heavy (non-hydrogen) atoms. The number of carbonyl (C=O) groups is 1. The number of aliphatic hydroxyl groups excluding tert-OH is 1. The molecule has 3 nitrogen and oxygen atoms in total. The zero-order valence-corrected chi connectivity index (χ0v) is 9.91. The molecule has 90 valence electrons. The van der Waals surface area contributed by atoms with Gasteiger partial charge in [-0.05, 0) is 26.2 Å². The normalized spacial score (nSPS) is 14.9. The fourth-order valence-electron chi connectivity index (χ4n) is 1.69. The van der Waals surface area contributed by atoms with E-state index < -0.39 is 5.97 Å². The molecule has 2 N–H and O–H groups in total. The monoisotopic (exact) mass is 216 g/mol. The van der Waals surface area contributed by atoms with Gasteiger partial charge in [0, 0.05) is 0 Å². The van der Waals surface area contributed by atoms with Gasteiger partial charge >= 0.3 is 5.97 Å². The molecule has 0 saturated heterocycles. The zero-order valence-electron chi connectivity index (χ0n) is 9.91. The summed E-state index contributed by atoms with van der Waals surface area (Å²) >= 11 is 0. The number of aliphatic carboxylic acids is 1. The van der Waals surface area contributed by atoms with Crippen LogP contribution in [0.2, 0.25) is 0 Å². The Bertz CT molecular complexity index is 166. The highest BCUT2D eigenvalue weighted by Gasteiger charge is 2.13. The molecule has 2 atom stereocenters. The van der Waals surface area contributed by atoms with E-state index in [2.05, 4.69) is 0 Å². The Labute approximate surface area is 92.5 Å². The van der Waals surface area contributed by atoms with Crippen LogP contribution < -0.4 is 0 Å². The average Bonchev–Trinajstić information content (AvgIpc) is 2.15. The third-order valence-corrected chi connectivity index (χ3v) is 2.77. The number of rotatable bonds is 9. The second-order valence-electron chi connectivity index (χ2n) is 4.28. The van der Waals surface area contributed by atoms with Crippen LogP contribution in [0.4, 0.5) is 0 Å². The van der Waals surface area contributed by atoms with Crippen molar-refractivity contribution >= 4 is 5.97 Å². The predicted octanol–water partition coefficient (Wildman–Crippen LogP) is 2.82. The standard InChI is InChI=1S/C12H24O3/c1-3-11(12(14)15)9-7-5-4-6-8-10(2)13/h10-11,13H,3-9H2,1-2H3,(H,14,15). The van der Waals surface area contributed by atoms with Gasteiger partial charge in [0.25, 0.3) is 0 Å². The van der Waals surface area contributed by atoms with Crippen molar-refractivity contribution in [2.24, 2.45) is 5.92 Å². The molecule has 0 aliphatic rings. The maximum absolute atomic E-state index is 10.7. The van der Waals surface area contributed by atoms with Crippen molar-refractivity contribution in [2.75, 3.05) is 0 Å². The quantitative estimate of drug-likeness (QED) is 0.583. The molecule has 2 unspecified atom stereocenters. The van der Waals surface area contributed by atoms with E-state index >= 15 is 0 Å². The molecule has 0 aromatic carbocycles. The predicted molar refractivity (Wildman–Crippen MR) is 60.8 cm³/mol. The summed E-state index contributed by atoms with van der Waals surface area (Å²) in [6, 6.07) is 0. The Hall–Kier alpha value is -0.570. The van der Waals surface area contributed by atoms with Crippen LogP contribution in [-0.4, -0.2) is 22.3 Å². The molecule has 0 aromatic heterocycles. The number of aliphatic hydroxyl groups is 1. The Kier molecular flexibility index (Phi) is 8.38. The van der Waals surface area contributed by atoms with E-state index in [4.69, 9.17) is 10.2 Å². The number of unbranched alkanes of at least 4 members (excludes halogenated alkanes) is 3. The summed E-state index contributed by atoms with van der Waals surface area (Å²) in [5.74, 6) is -0.830. The van der Waals surface area contributed by atoms with Crippen LogP contribution in [-0.2, 0) is 4.79 Å². The fourth-order valence-corrected chi connectivity index (χ4v) is 1.69. The first-order valence-electron chi connectivity index (χ1n) is 5.98. The van der Waals surface area contributed by atoms with Crippen molar-refractivity contribution in [3.8, 4) is 0 Å². The minimum atomic E-state index is -0.665. The first-order valence-corrected chi connectivity index (χ1v) is 5.98. The maximum atomic E-state index is 10.7. The average molecular weight is 216 g/mol. The van der Waals surface area contributed by atoms with Crippen LogP contribution in [0.5, 0.6) is 0 Å². The molecule has 0 fully saturated rings. The van der Waals surface area contributed by atoms with E-state index in [-0.39, 0.29) is 12.0 Å². The Morgan fingerprint density at radius 1 is 1.13 bits per heavy atom. The summed E-state index contributed by atoms with van der Waals surface area (Å²) < 4.78 is 0. The van der Waals surface area contributed by atoms with Crippen LogP contribution in [0.1, 0.15) is 58.8 Å². The summed E-state index contributed by atoms with van der Waals surface area (Å²) in [7, 11) is 0. The van der Waals surface area contributed by atoms with Crippen LogP contribution in [0.3, 0.4) is 0 Å². The van der Waals surface area contributed by atoms with Crippen molar-refractivity contribution in [1.29, 1.82) is 0 Å². The molecule has 0 rings (SSSR count). The van der Waals surface area contributed by atoms with Gasteiger partial charge in [0.1, 0.15) is 0 Å². The van der Waals surface area contributed by atoms with Gasteiger partial charge in [-0.25, -0.2) is 0 Å². The van der Waals surface area contributed by atoms with Crippen LogP contribution in [0, 0.1) is 5.92 Å². The van der Waals surface area contributed by atoms with Gasteiger partial charge in [-0.15, -0.1) is 0 Å². The number of hydrogen-bond acceptors (Lipinski definition) is 2. The number of carboxylic acids is 1. The molecular weight excluding hydrogens is 192 g/mol. The first kappa shape index (κ1) is 14.4. The molecule has 0 aliphatic carbocycles. The molecule has 0 spiro atoms. The van der Waals surface area contributed by atoms with Crippen molar-refractivity contribution < 1.29 is 15.0 Å². The topological polar surface area (TPSA) is 57.5 Å². The fraction of sp³-hybridized carbons (Fsp3) is 0.917. The van der Waals surface area contributed by atoms with E-state index in [1.54, 1.807) is 6.92 Å². The zero-order chi connectivity index (χ0) is 11.7. The summed E-state index contributed by atoms with van der Waals surface area (Å²) in [5, 5.41) is 17.8. The van der Waals surface area contributed by atoms with Gasteiger partial charge in [-0.3, -0.25) is 4.79 Å². The Morgan fingerprint density at radius 2 is 1.67 bits per heavy atom. The van der Waals surface area contributed by atoms with E-state index in [1.165, 1.54) is 0 Å². The van der Waals surface area contributed by atoms with Crippen LogP contribution in [0.25, 0.3) is 0 Å². The highest BCUT2D eigenvalue weighted by molar-refractivity contribution is 5.69. The van der Waals surface area contributed by atoms with Crippen LogP contribution >= 0.6 is 0 Å². The van der Waals surface area contributed by atoms with Crippen molar-refractivity contribution in [1.82, 2.24) is 0 Å². The van der Waals surface area contributed by atoms with E-state index in [9.17, 15) is 4.79 Å². The molecule has 0 heterocycles. The molecule has 0 amide bonds. The molecule has 0 saturated carbocycles. The minimum absolute atomic E-state index is 0.165. The maximum Gasteiger partial charge on any atom is 0.306 e. The van der Waals surface area contributed by atoms with E-state index in [0.717, 1.165) is 44.9 Å². The second kappa shape index (κ2) is 8.72. The summed E-state index contributed by atoms with van der Waals surface area (Å²) in [6.07, 6.45) is 6.39. The third-order valence-electron chi connectivity index (χ3n) is 2.77. The number of carboxylic acid groups (broad SMARTS) is 1. The van der Waals surface area contributed by atoms with Gasteiger partial charge in [0.15, 0.2) is 0 Å². The summed E-state index contributed by atoms with van der Waals surface area (Å²) in [6.45, 7) is 3.73. The van der Waals surface area contributed by atoms with E-state index in [0.29, 0.717) is 0 Å². The molecule has 0 aliphatic heterocycles. The van der Waals surface area contributed by atoms with E-state index in [1.807, 2.05) is 6.92 Å². The highest BCUT2D eigenvalue weighted by Crippen LogP contribution is 2.15. The van der Waals surface area contributed by atoms with Crippen molar-refractivity contribution in [3.63, 3.8) is 0 Å². The lowest BCUT2D eigenvalue weighted by molar-refractivity contribution is -0.142. The smallest absolute Gasteiger partial charge is 0.306 e. The molecule has 0 bridgehead atoms. The largest absolute Gasteiger partial charge is 0.481 e. The van der Waals surface area contributed by atoms with Crippen molar-refractivity contribution in [2.45, 2.75) is 64.9 Å².